The molecule has 1 N–H and O–H groups in total. The predicted molar refractivity (Wildman–Crippen MR) is 91.5 cm³/mol. The molecule has 1 aromatic heterocycles. The minimum Gasteiger partial charge on any atom is -0.497 e. The zero-order valence-corrected chi connectivity index (χ0v) is 14.8. The third kappa shape index (κ3) is 4.38. The average molecular weight is 367 g/mol. The van der Waals surface area contributed by atoms with Crippen molar-refractivity contribution in [2.75, 3.05) is 7.11 Å². The second kappa shape index (κ2) is 7.18. The number of hydrogen-bond donors (Lipinski definition) is 1. The molecule has 0 spiro atoms. The van der Waals surface area contributed by atoms with E-state index in [0.717, 1.165) is 33.7 Å². The Morgan fingerprint density at radius 3 is 2.81 bits per heavy atom. The largest absolute Gasteiger partial charge is 0.497 e. The number of nitrogens with zero attached hydrogens (tertiary/aromatic N) is 1. The smallest absolute Gasteiger partial charge is 0.144 e. The first-order valence-corrected chi connectivity index (χ1v) is 8.10. The van der Waals surface area contributed by atoms with Gasteiger partial charge in [-0.3, -0.25) is 0 Å². The highest BCUT2D eigenvalue weighted by molar-refractivity contribution is 9.10. The van der Waals surface area contributed by atoms with Crippen LogP contribution in [-0.2, 0) is 12.8 Å². The number of H-pyrrole nitrogens is 1. The first kappa shape index (κ1) is 16.2. The number of hydrogen-bond acceptors (Lipinski definition) is 3. The molecule has 3 nitrogen and oxygen atoms in total. The number of ether oxygens (including phenoxy) is 1. The van der Waals surface area contributed by atoms with Gasteiger partial charge >= 0.3 is 0 Å². The fourth-order valence-electron chi connectivity index (χ4n) is 2.17. The molecule has 0 unspecified atom stereocenters. The molecule has 21 heavy (non-hydrogen) atoms. The Hall–Kier alpha value is -1.20. The summed E-state index contributed by atoms with van der Waals surface area (Å²) >= 11 is 8.88. The van der Waals surface area contributed by atoms with Crippen LogP contribution in [0.2, 0.25) is 0 Å². The molecule has 0 amide bonds. The molecule has 0 saturated carbocycles. The van der Waals surface area contributed by atoms with Crippen molar-refractivity contribution in [2.45, 2.75) is 26.7 Å². The zero-order chi connectivity index (χ0) is 15.4. The van der Waals surface area contributed by atoms with E-state index < -0.39 is 0 Å². The lowest BCUT2D eigenvalue weighted by Crippen LogP contribution is -2.05. The molecule has 0 radical (unpaired) electrons. The third-order valence-electron chi connectivity index (χ3n) is 3.10. The number of methoxy groups -OCH3 is 1. The topological polar surface area (TPSA) is 37.9 Å². The van der Waals surface area contributed by atoms with Crippen molar-refractivity contribution in [1.29, 1.82) is 0 Å². The van der Waals surface area contributed by atoms with Gasteiger partial charge in [0.25, 0.3) is 0 Å². The summed E-state index contributed by atoms with van der Waals surface area (Å²) in [6, 6.07) is 8.00. The quantitative estimate of drug-likeness (QED) is 0.779. The van der Waals surface area contributed by atoms with E-state index in [0.29, 0.717) is 17.0 Å². The molecule has 1 heterocycles. The van der Waals surface area contributed by atoms with Gasteiger partial charge in [-0.2, -0.15) is 0 Å². The molecule has 0 atom stereocenters. The minimum atomic E-state index is 0.555. The van der Waals surface area contributed by atoms with Crippen LogP contribution in [0.5, 0.6) is 5.75 Å². The summed E-state index contributed by atoms with van der Waals surface area (Å²) < 4.78 is 6.77. The molecular weight excluding hydrogens is 348 g/mol. The van der Waals surface area contributed by atoms with Crippen LogP contribution >= 0.6 is 28.1 Å². The number of rotatable bonds is 5. The first-order valence-electron chi connectivity index (χ1n) is 6.90. The molecule has 112 valence electrons. The van der Waals surface area contributed by atoms with E-state index in [1.807, 2.05) is 18.2 Å². The Morgan fingerprint density at radius 1 is 1.38 bits per heavy atom. The van der Waals surface area contributed by atoms with E-state index in [1.54, 1.807) is 7.11 Å². The Balaban J connectivity index is 2.31. The second-order valence-electron chi connectivity index (χ2n) is 5.41. The summed E-state index contributed by atoms with van der Waals surface area (Å²) in [6.07, 6.45) is 1.65. The Labute approximate surface area is 138 Å². The lowest BCUT2D eigenvalue weighted by molar-refractivity contribution is 0.414. The van der Waals surface area contributed by atoms with Gasteiger partial charge in [-0.05, 0) is 46.0 Å². The fraction of sp³-hybridized carbons (Fsp3) is 0.375. The molecule has 1 aromatic carbocycles. The van der Waals surface area contributed by atoms with E-state index in [4.69, 9.17) is 17.0 Å². The van der Waals surface area contributed by atoms with Gasteiger partial charge in [0.2, 0.25) is 0 Å². The van der Waals surface area contributed by atoms with Crippen LogP contribution in [0.15, 0.2) is 28.7 Å². The van der Waals surface area contributed by atoms with Crippen molar-refractivity contribution in [3.8, 4) is 5.75 Å². The molecule has 0 aliphatic rings. The number of nitrogens with one attached hydrogen (secondary N) is 1. The van der Waals surface area contributed by atoms with Gasteiger partial charge in [0.05, 0.1) is 11.6 Å². The molecule has 5 heteroatoms. The predicted octanol–water partition coefficient (Wildman–Crippen LogP) is 4.70. The normalized spacial score (nSPS) is 10.9. The number of aromatic nitrogens is 2. The Morgan fingerprint density at radius 2 is 2.14 bits per heavy atom. The van der Waals surface area contributed by atoms with Gasteiger partial charge in [-0.1, -0.05) is 38.2 Å². The van der Waals surface area contributed by atoms with Gasteiger partial charge in [0.1, 0.15) is 16.2 Å². The van der Waals surface area contributed by atoms with Crippen LogP contribution in [0.4, 0.5) is 0 Å². The standard InChI is InChI=1S/C16H19BrN2OS/c1-10(2)7-13-15(17)16(21)19-14(18-13)9-11-5-4-6-12(8-11)20-3/h4-6,8,10H,7,9H2,1-3H3,(H,18,19,21). The van der Waals surface area contributed by atoms with Gasteiger partial charge < -0.3 is 9.72 Å². The summed E-state index contributed by atoms with van der Waals surface area (Å²) in [6.45, 7) is 4.37. The minimum absolute atomic E-state index is 0.555. The Bertz CT molecular complexity index is 682. The lowest BCUT2D eigenvalue weighted by Gasteiger charge is -2.11. The molecular formula is C16H19BrN2OS. The third-order valence-corrected chi connectivity index (χ3v) is 4.51. The maximum absolute atomic E-state index is 5.34. The van der Waals surface area contributed by atoms with Crippen molar-refractivity contribution in [3.05, 3.63) is 50.5 Å². The van der Waals surface area contributed by atoms with E-state index in [9.17, 15) is 0 Å². The summed E-state index contributed by atoms with van der Waals surface area (Å²) in [5, 5.41) is 0. The van der Waals surface area contributed by atoms with E-state index in [1.165, 1.54) is 0 Å². The van der Waals surface area contributed by atoms with Gasteiger partial charge in [-0.25, -0.2) is 4.98 Å². The molecule has 0 aliphatic heterocycles. The number of aromatic amines is 1. The van der Waals surface area contributed by atoms with Gasteiger partial charge in [0.15, 0.2) is 0 Å². The van der Waals surface area contributed by atoms with Crippen LogP contribution in [0.1, 0.15) is 30.9 Å². The van der Waals surface area contributed by atoms with Crippen LogP contribution in [0.3, 0.4) is 0 Å². The fourth-order valence-corrected chi connectivity index (χ4v) is 2.75. The van der Waals surface area contributed by atoms with Crippen molar-refractivity contribution >= 4 is 28.1 Å². The maximum atomic E-state index is 5.34. The van der Waals surface area contributed by atoms with Crippen molar-refractivity contribution in [2.24, 2.45) is 5.92 Å². The molecule has 2 aromatic rings. The van der Waals surface area contributed by atoms with Gasteiger partial charge in [0, 0.05) is 12.1 Å². The molecule has 0 saturated heterocycles. The van der Waals surface area contributed by atoms with Gasteiger partial charge in [-0.15, -0.1) is 0 Å². The highest BCUT2D eigenvalue weighted by Crippen LogP contribution is 2.21. The zero-order valence-electron chi connectivity index (χ0n) is 12.4. The van der Waals surface area contributed by atoms with Crippen molar-refractivity contribution in [1.82, 2.24) is 9.97 Å². The van der Waals surface area contributed by atoms with E-state index >= 15 is 0 Å². The van der Waals surface area contributed by atoms with E-state index in [-0.39, 0.29) is 0 Å². The maximum Gasteiger partial charge on any atom is 0.144 e. The summed E-state index contributed by atoms with van der Waals surface area (Å²) in [5.41, 5.74) is 2.26. The molecule has 2 rings (SSSR count). The highest BCUT2D eigenvalue weighted by atomic mass is 79.9. The lowest BCUT2D eigenvalue weighted by atomic mass is 10.1. The SMILES string of the molecule is COc1cccc(Cc2nc(=S)c(Br)c(CC(C)C)[nH]2)c1. The van der Waals surface area contributed by atoms with Crippen LogP contribution in [-0.4, -0.2) is 17.1 Å². The number of benzene rings is 1. The summed E-state index contributed by atoms with van der Waals surface area (Å²) in [7, 11) is 1.67. The van der Waals surface area contributed by atoms with E-state index in [2.05, 4.69) is 45.8 Å². The summed E-state index contributed by atoms with van der Waals surface area (Å²) in [5.74, 6) is 2.29. The van der Waals surface area contributed by atoms with Crippen molar-refractivity contribution < 1.29 is 4.74 Å². The second-order valence-corrected chi connectivity index (χ2v) is 6.59. The number of halogens is 1. The average Bonchev–Trinajstić information content (AvgIpc) is 2.44. The van der Waals surface area contributed by atoms with Crippen LogP contribution < -0.4 is 4.74 Å². The van der Waals surface area contributed by atoms with Crippen LogP contribution in [0.25, 0.3) is 0 Å². The first-order chi connectivity index (χ1) is 9.99. The molecule has 0 aliphatic carbocycles. The molecule has 0 bridgehead atoms. The highest BCUT2D eigenvalue weighted by Gasteiger charge is 2.09. The Kier molecular flexibility index (Phi) is 5.53. The van der Waals surface area contributed by atoms with Crippen LogP contribution in [0, 0.1) is 10.6 Å². The van der Waals surface area contributed by atoms with Crippen molar-refractivity contribution in [3.63, 3.8) is 0 Å². The monoisotopic (exact) mass is 366 g/mol. The summed E-state index contributed by atoms with van der Waals surface area (Å²) in [4.78, 5) is 7.87. The molecule has 0 fully saturated rings.